The highest BCUT2D eigenvalue weighted by atomic mass is 19.1. The van der Waals surface area contributed by atoms with Crippen molar-refractivity contribution in [2.45, 2.75) is 44.1 Å². The fraction of sp³-hybridized carbons (Fsp3) is 0.333. The maximum Gasteiger partial charge on any atom is 0.308 e. The number of hydrogen-bond donors (Lipinski definition) is 2. The van der Waals surface area contributed by atoms with Crippen molar-refractivity contribution in [2.75, 3.05) is 18.2 Å². The number of rotatable bonds is 4. The van der Waals surface area contributed by atoms with Gasteiger partial charge in [0.2, 0.25) is 0 Å². The van der Waals surface area contributed by atoms with Gasteiger partial charge in [0, 0.05) is 29.2 Å². The van der Waals surface area contributed by atoms with Crippen molar-refractivity contribution in [2.24, 2.45) is 5.92 Å². The van der Waals surface area contributed by atoms with Gasteiger partial charge in [0.15, 0.2) is 5.82 Å². The van der Waals surface area contributed by atoms with Crippen LogP contribution in [0.2, 0.25) is 0 Å². The van der Waals surface area contributed by atoms with Gasteiger partial charge >= 0.3 is 5.97 Å². The van der Waals surface area contributed by atoms with Crippen LogP contribution in [-0.2, 0) is 16.0 Å². The molecule has 0 amide bonds. The zero-order chi connectivity index (χ0) is 24.8. The third kappa shape index (κ3) is 3.66. The highest BCUT2D eigenvalue weighted by Gasteiger charge is 2.34. The number of hydrogen-bond acceptors (Lipinski definition) is 7. The molecule has 1 unspecified atom stereocenters. The van der Waals surface area contributed by atoms with Crippen LogP contribution in [0.5, 0.6) is 0 Å². The van der Waals surface area contributed by atoms with Crippen LogP contribution in [0.25, 0.3) is 16.6 Å². The van der Waals surface area contributed by atoms with Crippen molar-refractivity contribution in [1.82, 2.24) is 19.6 Å². The monoisotopic (exact) mass is 486 g/mol. The van der Waals surface area contributed by atoms with Crippen LogP contribution in [0.1, 0.15) is 54.7 Å². The van der Waals surface area contributed by atoms with E-state index in [1.54, 1.807) is 12.1 Å². The van der Waals surface area contributed by atoms with E-state index in [-0.39, 0.29) is 29.7 Å². The number of anilines is 2. The van der Waals surface area contributed by atoms with Crippen LogP contribution in [0.15, 0.2) is 48.8 Å². The van der Waals surface area contributed by atoms with Crippen molar-refractivity contribution in [1.29, 1.82) is 0 Å². The Morgan fingerprint density at radius 2 is 1.89 bits per heavy atom. The molecular weight excluding hydrogens is 459 g/mol. The van der Waals surface area contributed by atoms with Gasteiger partial charge in [-0.05, 0) is 37.3 Å². The van der Waals surface area contributed by atoms with Crippen LogP contribution >= 0.6 is 0 Å². The number of benzene rings is 2. The minimum Gasteiger partial charge on any atom is -0.469 e. The van der Waals surface area contributed by atoms with Crippen molar-refractivity contribution in [3.63, 3.8) is 0 Å². The number of esters is 1. The van der Waals surface area contributed by atoms with Crippen LogP contribution in [0, 0.1) is 11.7 Å². The molecule has 36 heavy (non-hydrogen) atoms. The Balaban J connectivity index is 1.36. The molecule has 3 heterocycles. The van der Waals surface area contributed by atoms with Crippen molar-refractivity contribution >= 4 is 23.0 Å². The molecule has 1 fully saturated rings. The van der Waals surface area contributed by atoms with Crippen molar-refractivity contribution < 1.29 is 13.9 Å². The molecule has 0 saturated heterocycles. The van der Waals surface area contributed by atoms with E-state index in [2.05, 4.69) is 21.5 Å². The number of nitrogen functional groups attached to an aromatic ring is 1. The van der Waals surface area contributed by atoms with Crippen LogP contribution < -0.4 is 11.1 Å². The molecule has 2 aliphatic rings. The van der Waals surface area contributed by atoms with Crippen molar-refractivity contribution in [3.8, 4) is 11.1 Å². The largest absolute Gasteiger partial charge is 0.469 e. The van der Waals surface area contributed by atoms with Gasteiger partial charge in [-0.2, -0.15) is 5.10 Å². The summed E-state index contributed by atoms with van der Waals surface area (Å²) in [4.78, 5) is 21.3. The number of carbonyl (C=O) groups is 1. The Labute approximate surface area is 207 Å². The first-order valence-corrected chi connectivity index (χ1v) is 12.2. The van der Waals surface area contributed by atoms with Crippen LogP contribution in [0.4, 0.5) is 15.9 Å². The van der Waals surface area contributed by atoms with Crippen LogP contribution in [-0.4, -0.2) is 32.7 Å². The number of imidazole rings is 1. The van der Waals surface area contributed by atoms with Gasteiger partial charge in [0.1, 0.15) is 23.5 Å². The molecule has 1 saturated carbocycles. The SMILES string of the molecule is COC(=O)[C@H]1CC[C@H](c2nc(C3Cc4cccc(-c5ccccc5F)c4N3)c3c(N)ncnn32)CC1. The van der Waals surface area contributed by atoms with Gasteiger partial charge in [-0.3, -0.25) is 4.79 Å². The Bertz CT molecular complexity index is 1460. The molecule has 3 N–H and O–H groups in total. The maximum absolute atomic E-state index is 14.6. The normalized spacial score (nSPS) is 21.2. The molecule has 1 aliphatic carbocycles. The van der Waals surface area contributed by atoms with Gasteiger partial charge in [-0.25, -0.2) is 18.9 Å². The lowest BCUT2D eigenvalue weighted by molar-refractivity contribution is -0.146. The number of nitrogens with zero attached hydrogens (tertiary/aromatic N) is 4. The molecule has 0 bridgehead atoms. The highest BCUT2D eigenvalue weighted by Crippen LogP contribution is 2.44. The molecule has 4 aromatic rings. The summed E-state index contributed by atoms with van der Waals surface area (Å²) in [6, 6.07) is 12.6. The van der Waals surface area contributed by atoms with E-state index in [1.807, 2.05) is 22.7 Å². The Hall–Kier alpha value is -4.01. The van der Waals surface area contributed by atoms with Gasteiger partial charge in [0.05, 0.1) is 24.8 Å². The van der Waals surface area contributed by atoms with E-state index in [9.17, 15) is 9.18 Å². The molecule has 2 aromatic heterocycles. The summed E-state index contributed by atoms with van der Waals surface area (Å²) in [7, 11) is 1.44. The third-order valence-corrected chi connectivity index (χ3v) is 7.53. The molecule has 0 radical (unpaired) electrons. The quantitative estimate of drug-likeness (QED) is 0.404. The number of para-hydroxylation sites is 1. The second-order valence-electron chi connectivity index (χ2n) is 9.55. The van der Waals surface area contributed by atoms with Crippen molar-refractivity contribution in [3.05, 3.63) is 71.7 Å². The van der Waals surface area contributed by atoms with Gasteiger partial charge in [-0.1, -0.05) is 36.4 Å². The fourth-order valence-corrected chi connectivity index (χ4v) is 5.72. The standard InChI is InChI=1S/C27H27FN6O2/c1-36-27(35)16-11-9-15(10-12-16)26-33-23(24-25(29)30-14-31-34(24)26)21-13-17-5-4-7-19(22(17)32-21)18-6-2-3-8-20(18)28/h2-8,14-16,21,32H,9-13H2,1H3,(H2,29,30,31)/t15-,16-,21?. The van der Waals surface area contributed by atoms with Gasteiger partial charge in [-0.15, -0.1) is 0 Å². The number of nitrogens with one attached hydrogen (secondary N) is 1. The number of halogens is 1. The number of methoxy groups -OCH3 is 1. The van der Waals surface area contributed by atoms with E-state index < -0.39 is 0 Å². The second-order valence-corrected chi connectivity index (χ2v) is 9.55. The molecule has 8 nitrogen and oxygen atoms in total. The molecule has 0 spiro atoms. The molecule has 184 valence electrons. The van der Waals surface area contributed by atoms with E-state index in [0.717, 1.165) is 54.0 Å². The highest BCUT2D eigenvalue weighted by molar-refractivity contribution is 5.83. The second kappa shape index (κ2) is 8.89. The van der Waals surface area contributed by atoms with E-state index >= 15 is 0 Å². The number of nitrogens with two attached hydrogens (primary N) is 1. The summed E-state index contributed by atoms with van der Waals surface area (Å²) in [5, 5.41) is 8.09. The molecule has 1 aliphatic heterocycles. The van der Waals surface area contributed by atoms with E-state index in [4.69, 9.17) is 15.5 Å². The average Bonchev–Trinajstić information content (AvgIpc) is 3.51. The average molecular weight is 487 g/mol. The van der Waals surface area contributed by atoms with Gasteiger partial charge in [0.25, 0.3) is 0 Å². The first-order valence-electron chi connectivity index (χ1n) is 12.2. The zero-order valence-corrected chi connectivity index (χ0v) is 19.9. The summed E-state index contributed by atoms with van der Waals surface area (Å²) >= 11 is 0. The van der Waals surface area contributed by atoms with E-state index in [0.29, 0.717) is 23.3 Å². The number of aromatic nitrogens is 4. The van der Waals surface area contributed by atoms with Gasteiger partial charge < -0.3 is 15.8 Å². The minimum absolute atomic E-state index is 0.0700. The molecular formula is C27H27FN6O2. The maximum atomic E-state index is 14.6. The zero-order valence-electron chi connectivity index (χ0n) is 19.9. The number of carbonyl (C=O) groups excluding carboxylic acids is 1. The third-order valence-electron chi connectivity index (χ3n) is 7.53. The lowest BCUT2D eigenvalue weighted by Crippen LogP contribution is -2.23. The van der Waals surface area contributed by atoms with E-state index in [1.165, 1.54) is 19.5 Å². The topological polar surface area (TPSA) is 107 Å². The Morgan fingerprint density at radius 1 is 1.11 bits per heavy atom. The molecule has 9 heteroatoms. The lowest BCUT2D eigenvalue weighted by Gasteiger charge is -2.25. The summed E-state index contributed by atoms with van der Waals surface area (Å²) in [5.41, 5.74) is 11.2. The number of fused-ring (bicyclic) bond motifs is 2. The predicted molar refractivity (Wildman–Crippen MR) is 134 cm³/mol. The lowest BCUT2D eigenvalue weighted by atomic mass is 9.81. The summed E-state index contributed by atoms with van der Waals surface area (Å²) < 4.78 is 21.4. The minimum atomic E-state index is -0.258. The predicted octanol–water partition coefficient (Wildman–Crippen LogP) is 4.67. The van der Waals surface area contributed by atoms with Crippen LogP contribution in [0.3, 0.4) is 0 Å². The molecule has 2 aromatic carbocycles. The number of ether oxygens (including phenoxy) is 1. The first-order chi connectivity index (χ1) is 17.5. The smallest absolute Gasteiger partial charge is 0.308 e. The Kier molecular flexibility index (Phi) is 5.55. The first kappa shape index (κ1) is 22.5. The Morgan fingerprint density at radius 3 is 2.67 bits per heavy atom. The summed E-state index contributed by atoms with van der Waals surface area (Å²) in [6.07, 6.45) is 5.27. The summed E-state index contributed by atoms with van der Waals surface area (Å²) in [5.74, 6) is 0.885. The molecule has 6 rings (SSSR count). The molecule has 1 atom stereocenters. The fourth-order valence-electron chi connectivity index (χ4n) is 5.72. The summed E-state index contributed by atoms with van der Waals surface area (Å²) in [6.45, 7) is 0.